The topological polar surface area (TPSA) is 214 Å². The average Bonchev–Trinajstić information content (AvgIpc) is 3.15. The van der Waals surface area contributed by atoms with E-state index in [2.05, 4.69) is 46.6 Å². The molecule has 13 nitrogen and oxygen atoms in total. The molecule has 9 N–H and O–H groups in total. The molecule has 0 saturated heterocycles. The van der Waals surface area contributed by atoms with E-state index in [1.54, 1.807) is 18.3 Å². The van der Waals surface area contributed by atoms with Crippen LogP contribution in [0.25, 0.3) is 0 Å². The van der Waals surface area contributed by atoms with Gasteiger partial charge in [-0.1, -0.05) is 62.6 Å². The second-order valence-corrected chi connectivity index (χ2v) is 13.5. The molecule has 0 saturated carbocycles. The number of unbranched alkanes of at least 4 members (excludes halogenated alkanes) is 3. The number of primary amides is 1. The fourth-order valence-electron chi connectivity index (χ4n) is 6.15. The lowest BCUT2D eigenvalue weighted by atomic mass is 9.91. The summed E-state index contributed by atoms with van der Waals surface area (Å²) < 4.78 is 0. The number of aromatic nitrogens is 2. The summed E-state index contributed by atoms with van der Waals surface area (Å²) in [5, 5.41) is 56.0. The van der Waals surface area contributed by atoms with E-state index in [1.165, 1.54) is 17.3 Å². The van der Waals surface area contributed by atoms with Crippen molar-refractivity contribution in [3.8, 4) is 0 Å². The maximum Gasteiger partial charge on any atom is 0.269 e. The molecule has 1 heterocycles. The molecule has 0 aliphatic rings. The molecule has 3 rings (SSSR count). The maximum atomic E-state index is 12.9. The Kier molecular flexibility index (Phi) is 24.0. The summed E-state index contributed by atoms with van der Waals surface area (Å²) in [6.45, 7) is 6.25. The van der Waals surface area contributed by atoms with E-state index in [1.807, 2.05) is 29.2 Å². The summed E-state index contributed by atoms with van der Waals surface area (Å²) in [5.41, 5.74) is 10.4. The molecular weight excluding hydrogens is 735 g/mol. The number of benzene rings is 2. The monoisotopic (exact) mass is 794 g/mol. The van der Waals surface area contributed by atoms with Crippen LogP contribution in [0.2, 0.25) is 0 Å². The number of hydrogen-bond donors (Lipinski definition) is 8. The Morgan fingerprint density at radius 2 is 1.54 bits per heavy atom. The van der Waals surface area contributed by atoms with E-state index in [0.29, 0.717) is 50.4 Å². The Balaban J connectivity index is 0.00000729. The van der Waals surface area contributed by atoms with Gasteiger partial charge in [-0.3, -0.25) is 19.5 Å². The minimum absolute atomic E-state index is 0. The second kappa shape index (κ2) is 26.5. The van der Waals surface area contributed by atoms with Crippen molar-refractivity contribution in [2.75, 3.05) is 45.9 Å². The number of hydrogen-bond acceptors (Lipinski definition) is 11. The van der Waals surface area contributed by atoms with Crippen molar-refractivity contribution in [2.45, 2.75) is 83.2 Å². The lowest BCUT2D eigenvalue weighted by molar-refractivity contribution is -0.119. The molecule has 302 valence electrons. The van der Waals surface area contributed by atoms with Crippen molar-refractivity contribution in [1.29, 1.82) is 0 Å². The van der Waals surface area contributed by atoms with Crippen molar-refractivity contribution >= 4 is 36.6 Å². The zero-order valence-electron chi connectivity index (χ0n) is 31.3. The number of carbonyl (C=O) groups is 2. The van der Waals surface area contributed by atoms with Crippen LogP contribution < -0.4 is 16.4 Å². The maximum absolute atomic E-state index is 12.9. The Hall–Kier alpha value is -3.24. The van der Waals surface area contributed by atoms with Gasteiger partial charge >= 0.3 is 0 Å². The number of aliphatic hydroxyl groups is 5. The fraction of sp³-hybridized carbons (Fsp3) is 0.538. The van der Waals surface area contributed by atoms with Crippen molar-refractivity contribution in [1.82, 2.24) is 25.5 Å². The normalized spacial score (nSPS) is 13.9. The van der Waals surface area contributed by atoms with E-state index in [-0.39, 0.29) is 48.9 Å². The van der Waals surface area contributed by atoms with Crippen LogP contribution in [0.4, 0.5) is 0 Å². The van der Waals surface area contributed by atoms with Gasteiger partial charge in [0.1, 0.15) is 24.0 Å². The van der Waals surface area contributed by atoms with Gasteiger partial charge in [-0.25, -0.2) is 4.98 Å². The van der Waals surface area contributed by atoms with Crippen LogP contribution in [0.15, 0.2) is 60.9 Å². The number of aliphatic hydroxyl groups excluding tert-OH is 5. The predicted molar refractivity (Wildman–Crippen MR) is 214 cm³/mol. The number of halogens is 2. The first kappa shape index (κ1) is 48.8. The number of aryl methyl sites for hydroxylation is 1. The number of amides is 2. The second-order valence-electron chi connectivity index (χ2n) is 13.5. The van der Waals surface area contributed by atoms with E-state index < -0.39 is 36.9 Å². The molecule has 0 aliphatic carbocycles. The van der Waals surface area contributed by atoms with Gasteiger partial charge in [0.2, 0.25) is 0 Å². The minimum atomic E-state index is -1.69. The number of nitrogens with one attached hydrogen (secondary N) is 2. The van der Waals surface area contributed by atoms with Crippen molar-refractivity contribution in [3.63, 3.8) is 0 Å². The van der Waals surface area contributed by atoms with Gasteiger partial charge in [0, 0.05) is 37.6 Å². The fourth-order valence-corrected chi connectivity index (χ4v) is 6.15. The highest BCUT2D eigenvalue weighted by atomic mass is 35.5. The van der Waals surface area contributed by atoms with Crippen LogP contribution in [-0.2, 0) is 19.3 Å². The van der Waals surface area contributed by atoms with Crippen molar-refractivity contribution in [3.05, 3.63) is 94.6 Å². The molecule has 0 unspecified atom stereocenters. The number of carbonyl (C=O) groups excluding carboxylic acids is 2. The molecule has 0 aliphatic heterocycles. The van der Waals surface area contributed by atoms with Crippen molar-refractivity contribution in [2.24, 2.45) is 11.7 Å². The third-order valence-electron chi connectivity index (χ3n) is 9.31. The summed E-state index contributed by atoms with van der Waals surface area (Å²) in [6.07, 6.45) is 2.92. The Labute approximate surface area is 331 Å². The van der Waals surface area contributed by atoms with E-state index in [9.17, 15) is 30.0 Å². The van der Waals surface area contributed by atoms with E-state index in [0.717, 1.165) is 44.1 Å². The molecule has 5 atom stereocenters. The summed E-state index contributed by atoms with van der Waals surface area (Å²) in [6, 6.07) is 15.7. The van der Waals surface area contributed by atoms with Crippen LogP contribution in [0.5, 0.6) is 0 Å². The molecule has 2 amide bonds. The molecule has 0 spiro atoms. The standard InChI is InChI=1S/C39H58N6O7.2ClH/c1-3-4-5-8-20-45(25-33(47)36(49)37(50)34(48)26-46)21-19-44-39(52)30-13-11-28(12-14-30)15-16-41-24-29(22-31-10-7-6-9-27(31)2)23-32-35(38(40)51)43-18-17-42-32;;/h6-7,9-14,17-18,29,33-34,36-37,41,46-50H,3-5,8,15-16,19-26H2,1-2H3,(H2,40,51)(H,44,52);2*1H/t29-,33+,34-,36-,37-;;/m1../s1. The highest BCUT2D eigenvalue weighted by Crippen LogP contribution is 2.18. The Bertz CT molecular complexity index is 1510. The molecule has 54 heavy (non-hydrogen) atoms. The minimum Gasteiger partial charge on any atom is -0.394 e. The number of nitrogens with zero attached hydrogens (tertiary/aromatic N) is 3. The lowest BCUT2D eigenvalue weighted by Crippen LogP contribution is -2.50. The molecule has 15 heteroatoms. The average molecular weight is 796 g/mol. The van der Waals surface area contributed by atoms with Gasteiger partial charge in [0.15, 0.2) is 0 Å². The van der Waals surface area contributed by atoms with E-state index >= 15 is 0 Å². The van der Waals surface area contributed by atoms with Crippen LogP contribution >= 0.6 is 24.8 Å². The first-order valence-electron chi connectivity index (χ1n) is 18.3. The summed E-state index contributed by atoms with van der Waals surface area (Å²) in [4.78, 5) is 35.4. The smallest absolute Gasteiger partial charge is 0.269 e. The SMILES string of the molecule is CCCCCCN(CCNC(=O)c1ccc(CCNC[C@H](Cc2ccccc2C)Cc2nccnc2C(N)=O)cc1)C[C@H](O)[C@@H](O)[C@H](O)[C@H](O)CO.Cl.Cl. The molecular formula is C39H60Cl2N6O7. The van der Waals surface area contributed by atoms with Crippen LogP contribution in [0.1, 0.15) is 75.8 Å². The first-order chi connectivity index (χ1) is 25.0. The quantitative estimate of drug-likeness (QED) is 0.0581. The number of rotatable bonds is 25. The summed E-state index contributed by atoms with van der Waals surface area (Å²) in [5.74, 6) is -0.669. The molecule has 0 radical (unpaired) electrons. The molecule has 0 fully saturated rings. The Morgan fingerprint density at radius 3 is 2.20 bits per heavy atom. The first-order valence-corrected chi connectivity index (χ1v) is 18.3. The van der Waals surface area contributed by atoms with Gasteiger partial charge < -0.3 is 41.9 Å². The van der Waals surface area contributed by atoms with E-state index in [4.69, 9.17) is 10.8 Å². The van der Waals surface area contributed by atoms with Gasteiger partial charge in [0.25, 0.3) is 11.8 Å². The molecule has 1 aromatic heterocycles. The Morgan fingerprint density at radius 1 is 0.852 bits per heavy atom. The zero-order valence-corrected chi connectivity index (χ0v) is 33.0. The number of nitrogens with two attached hydrogens (primary N) is 1. The third kappa shape index (κ3) is 16.6. The van der Waals surface area contributed by atoms with Crippen LogP contribution in [-0.4, -0.2) is 123 Å². The molecule has 0 bridgehead atoms. The zero-order chi connectivity index (χ0) is 37.9. The highest BCUT2D eigenvalue weighted by Gasteiger charge is 2.31. The predicted octanol–water partition coefficient (Wildman–Crippen LogP) is 2.01. The third-order valence-corrected chi connectivity index (χ3v) is 9.31. The molecule has 2 aromatic carbocycles. The van der Waals surface area contributed by atoms with Crippen LogP contribution in [0, 0.1) is 12.8 Å². The highest BCUT2D eigenvalue weighted by molar-refractivity contribution is 5.94. The summed E-state index contributed by atoms with van der Waals surface area (Å²) in [7, 11) is 0. The largest absolute Gasteiger partial charge is 0.394 e. The summed E-state index contributed by atoms with van der Waals surface area (Å²) >= 11 is 0. The van der Waals surface area contributed by atoms with Gasteiger partial charge in [0.05, 0.1) is 18.4 Å². The van der Waals surface area contributed by atoms with Gasteiger partial charge in [-0.15, -0.1) is 24.8 Å². The molecule has 3 aromatic rings. The van der Waals surface area contributed by atoms with Gasteiger partial charge in [-0.05, 0) is 87.0 Å². The van der Waals surface area contributed by atoms with Crippen molar-refractivity contribution < 1.29 is 35.1 Å². The van der Waals surface area contributed by atoms with Crippen LogP contribution in [0.3, 0.4) is 0 Å². The lowest BCUT2D eigenvalue weighted by Gasteiger charge is -2.30. The van der Waals surface area contributed by atoms with Gasteiger partial charge in [-0.2, -0.15) is 0 Å².